The Hall–Kier alpha value is -3.17. The minimum atomic E-state index is -0.534. The Morgan fingerprint density at radius 2 is 1.75 bits per heavy atom. The van der Waals surface area contributed by atoms with E-state index in [4.69, 9.17) is 10.1 Å². The molecule has 0 saturated carbocycles. The van der Waals surface area contributed by atoms with Crippen LogP contribution in [-0.2, 0) is 4.79 Å². The molecule has 2 heterocycles. The largest absolute Gasteiger partial charge is 0.373 e. The number of carbonyl (C=O) groups is 2. The molecule has 0 radical (unpaired) electrons. The van der Waals surface area contributed by atoms with Crippen LogP contribution in [0.4, 0.5) is 11.5 Å². The highest BCUT2D eigenvalue weighted by Crippen LogP contribution is 2.29. The van der Waals surface area contributed by atoms with Crippen molar-refractivity contribution in [2.24, 2.45) is 11.7 Å². The highest BCUT2D eigenvalue weighted by molar-refractivity contribution is 7.13. The number of nitrogens with two attached hydrogens (primary N) is 1. The highest BCUT2D eigenvalue weighted by atomic mass is 32.1. The number of piperazine rings is 1. The molecule has 0 bridgehead atoms. The molecular weight excluding hydrogens is 472 g/mol. The number of hydrogen-bond donors (Lipinski definition) is 3. The minimum Gasteiger partial charge on any atom is -0.373 e. The van der Waals surface area contributed by atoms with Gasteiger partial charge in [0.15, 0.2) is 0 Å². The molecule has 4 N–H and O–H groups in total. The number of aromatic nitrogens is 1. The van der Waals surface area contributed by atoms with Crippen LogP contribution in [0.1, 0.15) is 37.0 Å². The van der Waals surface area contributed by atoms with Gasteiger partial charge in [0.05, 0.1) is 10.3 Å². The first kappa shape index (κ1) is 25.9. The van der Waals surface area contributed by atoms with Crippen LogP contribution in [0, 0.1) is 5.92 Å². The molecule has 1 aromatic heterocycles. The normalized spacial score (nSPS) is 15.2. The maximum absolute atomic E-state index is 12.8. The summed E-state index contributed by atoms with van der Waals surface area (Å²) in [6.45, 7) is 9.49. The van der Waals surface area contributed by atoms with Crippen molar-refractivity contribution in [2.75, 3.05) is 49.5 Å². The summed E-state index contributed by atoms with van der Waals surface area (Å²) >= 11 is 1.57. The third-order valence-electron chi connectivity index (χ3n) is 6.67. The molecule has 1 aliphatic rings. The lowest BCUT2D eigenvalue weighted by atomic mass is 10.0. The summed E-state index contributed by atoms with van der Waals surface area (Å²) in [5.41, 5.74) is 6.68. The van der Waals surface area contributed by atoms with Crippen molar-refractivity contribution in [2.45, 2.75) is 32.7 Å². The minimum absolute atomic E-state index is 0.0151. The number of primary amides is 1. The zero-order valence-electron chi connectivity index (χ0n) is 21.1. The fourth-order valence-electron chi connectivity index (χ4n) is 4.58. The molecule has 1 fully saturated rings. The number of carbonyl (C=O) groups excluding carboxylic acids is 2. The number of hydrogen-bond acceptors (Lipinski definition) is 7. The van der Waals surface area contributed by atoms with E-state index in [1.807, 2.05) is 26.0 Å². The van der Waals surface area contributed by atoms with Gasteiger partial charge < -0.3 is 21.3 Å². The summed E-state index contributed by atoms with van der Waals surface area (Å²) in [5, 5.41) is 7.42. The van der Waals surface area contributed by atoms with Crippen LogP contribution in [0.3, 0.4) is 0 Å². The number of unbranched alkanes of at least 4 members (excludes halogenated alkanes) is 1. The average molecular weight is 509 g/mol. The van der Waals surface area contributed by atoms with Gasteiger partial charge in [-0.05, 0) is 61.1 Å². The predicted octanol–water partition coefficient (Wildman–Crippen LogP) is 3.55. The Balaban J connectivity index is 1.19. The van der Waals surface area contributed by atoms with E-state index in [1.165, 1.54) is 10.1 Å². The van der Waals surface area contributed by atoms with Gasteiger partial charge in [0, 0.05) is 43.8 Å². The number of benzene rings is 2. The molecule has 1 atom stereocenters. The highest BCUT2D eigenvalue weighted by Gasteiger charge is 2.22. The van der Waals surface area contributed by atoms with Gasteiger partial charge >= 0.3 is 0 Å². The van der Waals surface area contributed by atoms with Gasteiger partial charge in [0.25, 0.3) is 5.91 Å². The number of amides is 2. The first-order valence-electron chi connectivity index (χ1n) is 12.7. The monoisotopic (exact) mass is 508 g/mol. The molecule has 0 spiro atoms. The summed E-state index contributed by atoms with van der Waals surface area (Å²) in [6, 6.07) is 15.1. The Labute approximate surface area is 217 Å². The fraction of sp³-hybridized carbons (Fsp3) is 0.444. The fourth-order valence-corrected chi connectivity index (χ4v) is 5.38. The second-order valence-corrected chi connectivity index (χ2v) is 10.4. The third kappa shape index (κ3) is 6.33. The lowest BCUT2D eigenvalue weighted by Gasteiger charge is -2.35. The number of nitrogens with one attached hydrogen (secondary N) is 2. The molecule has 8 nitrogen and oxygen atoms in total. The topological polar surface area (TPSA) is 104 Å². The molecule has 0 unspecified atom stereocenters. The van der Waals surface area contributed by atoms with Crippen molar-refractivity contribution in [3.63, 3.8) is 0 Å². The molecule has 1 aliphatic heterocycles. The molecule has 9 heteroatoms. The smallest absolute Gasteiger partial charge is 0.253 e. The van der Waals surface area contributed by atoms with Gasteiger partial charge in [-0.15, -0.1) is 0 Å². The van der Waals surface area contributed by atoms with E-state index in [0.717, 1.165) is 51.4 Å². The van der Waals surface area contributed by atoms with Gasteiger partial charge in [-0.1, -0.05) is 38.1 Å². The number of anilines is 2. The molecule has 2 amide bonds. The Kier molecular flexibility index (Phi) is 8.77. The van der Waals surface area contributed by atoms with Gasteiger partial charge in [-0.2, -0.15) is 4.37 Å². The number of rotatable bonds is 11. The number of para-hydroxylation sites is 1. The maximum Gasteiger partial charge on any atom is 0.253 e. The van der Waals surface area contributed by atoms with E-state index in [2.05, 4.69) is 44.7 Å². The molecule has 2 aromatic carbocycles. The first-order chi connectivity index (χ1) is 17.4. The Morgan fingerprint density at radius 1 is 1.03 bits per heavy atom. The van der Waals surface area contributed by atoms with E-state index < -0.39 is 11.9 Å². The maximum atomic E-state index is 12.8. The van der Waals surface area contributed by atoms with Crippen LogP contribution in [0.15, 0.2) is 48.5 Å². The van der Waals surface area contributed by atoms with Crippen molar-refractivity contribution >= 4 is 44.9 Å². The molecule has 0 aliphatic carbocycles. The van der Waals surface area contributed by atoms with Gasteiger partial charge in [-0.3, -0.25) is 14.5 Å². The van der Waals surface area contributed by atoms with Crippen LogP contribution in [0.2, 0.25) is 0 Å². The van der Waals surface area contributed by atoms with E-state index in [-0.39, 0.29) is 11.8 Å². The summed E-state index contributed by atoms with van der Waals surface area (Å²) in [6.07, 6.45) is 1.94. The van der Waals surface area contributed by atoms with E-state index >= 15 is 0 Å². The lowest BCUT2D eigenvalue weighted by Crippen LogP contribution is -2.46. The zero-order valence-corrected chi connectivity index (χ0v) is 21.9. The summed E-state index contributed by atoms with van der Waals surface area (Å²) in [4.78, 5) is 29.5. The predicted molar refractivity (Wildman–Crippen MR) is 148 cm³/mol. The first-order valence-corrected chi connectivity index (χ1v) is 13.5. The summed E-state index contributed by atoms with van der Waals surface area (Å²) in [5.74, 6) is 0.555. The van der Waals surface area contributed by atoms with Crippen molar-refractivity contribution in [3.8, 4) is 0 Å². The lowest BCUT2D eigenvalue weighted by molar-refractivity contribution is -0.119. The number of nitrogens with zero attached hydrogens (tertiary/aromatic N) is 3. The van der Waals surface area contributed by atoms with E-state index in [1.54, 1.807) is 23.7 Å². The van der Waals surface area contributed by atoms with Crippen LogP contribution in [-0.4, -0.2) is 66.4 Å². The molecule has 1 saturated heterocycles. The van der Waals surface area contributed by atoms with E-state index in [9.17, 15) is 9.59 Å². The molecule has 3 aromatic rings. The van der Waals surface area contributed by atoms with Crippen molar-refractivity contribution < 1.29 is 9.59 Å². The Morgan fingerprint density at radius 3 is 2.50 bits per heavy atom. The third-order valence-corrected chi connectivity index (χ3v) is 7.49. The van der Waals surface area contributed by atoms with Crippen molar-refractivity contribution in [3.05, 3.63) is 54.1 Å². The molecular formula is C27H36N6O2S. The standard InChI is InChI=1S/C27H36N6O2S/c1-19(2)24(25(28)34)30-22-11-5-3-9-20(22)27(35)29-13-7-8-14-32-15-17-33(18-16-32)26-21-10-4-6-12-23(21)36-31-26/h3-6,9-12,19,24,30H,7-8,13-18H2,1-2H3,(H2,28,34)(H,29,35)/t24-/m0/s1. The van der Waals surface area contributed by atoms with Crippen molar-refractivity contribution in [1.29, 1.82) is 0 Å². The molecule has 4 rings (SSSR count). The quantitative estimate of drug-likeness (QED) is 0.342. The zero-order chi connectivity index (χ0) is 25.5. The van der Waals surface area contributed by atoms with Gasteiger partial charge in [-0.25, -0.2) is 0 Å². The molecule has 192 valence electrons. The van der Waals surface area contributed by atoms with Crippen LogP contribution in [0.25, 0.3) is 10.1 Å². The summed E-state index contributed by atoms with van der Waals surface area (Å²) < 4.78 is 5.93. The molecule has 36 heavy (non-hydrogen) atoms. The number of fused-ring (bicyclic) bond motifs is 1. The van der Waals surface area contributed by atoms with Gasteiger partial charge in [0.2, 0.25) is 5.91 Å². The van der Waals surface area contributed by atoms with E-state index in [0.29, 0.717) is 17.8 Å². The average Bonchev–Trinajstić information content (AvgIpc) is 3.31. The SMILES string of the molecule is CC(C)[C@H](Nc1ccccc1C(=O)NCCCCN1CCN(c2nsc3ccccc23)CC1)C(N)=O. The summed E-state index contributed by atoms with van der Waals surface area (Å²) in [7, 11) is 0. The van der Waals surface area contributed by atoms with Crippen LogP contribution >= 0.6 is 11.5 Å². The van der Waals surface area contributed by atoms with Crippen LogP contribution in [0.5, 0.6) is 0 Å². The van der Waals surface area contributed by atoms with Crippen LogP contribution < -0.4 is 21.3 Å². The van der Waals surface area contributed by atoms with Crippen molar-refractivity contribution in [1.82, 2.24) is 14.6 Å². The second kappa shape index (κ2) is 12.2. The Bertz CT molecular complexity index is 1170. The van der Waals surface area contributed by atoms with Gasteiger partial charge in [0.1, 0.15) is 11.9 Å². The second-order valence-electron chi connectivity index (χ2n) is 9.61.